The van der Waals surface area contributed by atoms with E-state index in [1.54, 1.807) is 25.7 Å². The number of nitrogens with zero attached hydrogens (tertiary/aromatic N) is 6. The van der Waals surface area contributed by atoms with Gasteiger partial charge in [-0.05, 0) is 29.8 Å². The second-order valence-corrected chi connectivity index (χ2v) is 6.27. The van der Waals surface area contributed by atoms with Crippen molar-refractivity contribution >= 4 is 5.82 Å². The van der Waals surface area contributed by atoms with E-state index in [0.717, 1.165) is 50.0 Å². The van der Waals surface area contributed by atoms with Crippen molar-refractivity contribution in [2.45, 2.75) is 6.54 Å². The minimum absolute atomic E-state index is 0.862. The van der Waals surface area contributed by atoms with Crippen LogP contribution in [0.15, 0.2) is 55.2 Å². The molecule has 1 aromatic carbocycles. The molecule has 3 aromatic rings. The molecule has 7 heteroatoms. The Labute approximate surface area is 152 Å². The third kappa shape index (κ3) is 3.52. The van der Waals surface area contributed by atoms with Gasteiger partial charge >= 0.3 is 0 Å². The molecule has 1 aliphatic rings. The third-order valence-electron chi connectivity index (χ3n) is 4.68. The molecule has 0 saturated carbocycles. The van der Waals surface area contributed by atoms with Crippen LogP contribution in [0, 0.1) is 0 Å². The molecule has 0 amide bonds. The molecule has 0 atom stereocenters. The average Bonchev–Trinajstić information content (AvgIpc) is 3.24. The maximum Gasteiger partial charge on any atom is 0.147 e. The number of benzene rings is 1. The van der Waals surface area contributed by atoms with Crippen LogP contribution in [0.3, 0.4) is 0 Å². The van der Waals surface area contributed by atoms with Gasteiger partial charge in [0.15, 0.2) is 0 Å². The summed E-state index contributed by atoms with van der Waals surface area (Å²) in [5.74, 6) is 1.82. The van der Waals surface area contributed by atoms with Gasteiger partial charge in [-0.2, -0.15) is 5.10 Å². The highest BCUT2D eigenvalue weighted by Gasteiger charge is 2.19. The predicted molar refractivity (Wildman–Crippen MR) is 99.6 cm³/mol. The highest BCUT2D eigenvalue weighted by Crippen LogP contribution is 2.23. The third-order valence-corrected chi connectivity index (χ3v) is 4.68. The number of ether oxygens (including phenoxy) is 1. The van der Waals surface area contributed by atoms with Crippen LogP contribution in [0.1, 0.15) is 5.56 Å². The van der Waals surface area contributed by atoms with Gasteiger partial charge in [-0.3, -0.25) is 9.88 Å². The maximum atomic E-state index is 5.42. The molecule has 0 aliphatic carbocycles. The SMILES string of the molecule is COc1ccc(-n2cccn2)c(CN2CCN(c3cnccn3)CC2)c1. The monoisotopic (exact) mass is 350 g/mol. The predicted octanol–water partition coefficient (Wildman–Crippen LogP) is 1.99. The minimum atomic E-state index is 0.862. The van der Waals surface area contributed by atoms with E-state index in [1.165, 1.54) is 5.56 Å². The molecular formula is C19H22N6O. The lowest BCUT2D eigenvalue weighted by molar-refractivity contribution is 0.248. The van der Waals surface area contributed by atoms with Gasteiger partial charge in [-0.1, -0.05) is 0 Å². The summed E-state index contributed by atoms with van der Waals surface area (Å²) in [5, 5.41) is 4.38. The standard InChI is InChI=1S/C19H22N6O/c1-26-17-3-4-18(25-8-2-5-22-25)16(13-17)15-23-9-11-24(12-10-23)19-14-20-6-7-21-19/h2-8,13-14H,9-12,15H2,1H3. The van der Waals surface area contributed by atoms with E-state index in [-0.39, 0.29) is 0 Å². The first kappa shape index (κ1) is 16.5. The molecule has 1 aliphatic heterocycles. The van der Waals surface area contributed by atoms with Crippen molar-refractivity contribution in [3.05, 3.63) is 60.8 Å². The van der Waals surface area contributed by atoms with Crippen molar-refractivity contribution in [2.75, 3.05) is 38.2 Å². The fourth-order valence-corrected chi connectivity index (χ4v) is 3.28. The van der Waals surface area contributed by atoms with Gasteiger partial charge < -0.3 is 9.64 Å². The summed E-state index contributed by atoms with van der Waals surface area (Å²) in [6.07, 6.45) is 9.05. The van der Waals surface area contributed by atoms with E-state index in [1.807, 2.05) is 29.2 Å². The lowest BCUT2D eigenvalue weighted by atomic mass is 10.1. The van der Waals surface area contributed by atoms with Crippen LogP contribution in [0.25, 0.3) is 5.69 Å². The van der Waals surface area contributed by atoms with Gasteiger partial charge in [0.1, 0.15) is 11.6 Å². The summed E-state index contributed by atoms with van der Waals surface area (Å²) in [5.41, 5.74) is 2.30. The van der Waals surface area contributed by atoms with Crippen molar-refractivity contribution in [2.24, 2.45) is 0 Å². The molecule has 26 heavy (non-hydrogen) atoms. The van der Waals surface area contributed by atoms with Gasteiger partial charge in [0.2, 0.25) is 0 Å². The fraction of sp³-hybridized carbons (Fsp3) is 0.316. The summed E-state index contributed by atoms with van der Waals surface area (Å²) in [4.78, 5) is 13.3. The first-order valence-corrected chi connectivity index (χ1v) is 8.74. The van der Waals surface area contributed by atoms with Crippen LogP contribution in [0.5, 0.6) is 5.75 Å². The molecule has 3 heterocycles. The lowest BCUT2D eigenvalue weighted by Gasteiger charge is -2.35. The molecule has 0 bridgehead atoms. The van der Waals surface area contributed by atoms with Crippen molar-refractivity contribution in [1.82, 2.24) is 24.6 Å². The zero-order valence-electron chi connectivity index (χ0n) is 14.8. The Morgan fingerprint density at radius 2 is 1.96 bits per heavy atom. The van der Waals surface area contributed by atoms with Gasteiger partial charge in [0, 0.05) is 57.5 Å². The minimum Gasteiger partial charge on any atom is -0.497 e. The van der Waals surface area contributed by atoms with Crippen molar-refractivity contribution in [3.8, 4) is 11.4 Å². The highest BCUT2D eigenvalue weighted by atomic mass is 16.5. The molecule has 2 aromatic heterocycles. The van der Waals surface area contributed by atoms with Gasteiger partial charge in [0.25, 0.3) is 0 Å². The molecule has 1 fully saturated rings. The maximum absolute atomic E-state index is 5.42. The molecular weight excluding hydrogens is 328 g/mol. The Balaban J connectivity index is 1.48. The number of hydrogen-bond donors (Lipinski definition) is 0. The average molecular weight is 350 g/mol. The molecule has 134 valence electrons. The summed E-state index contributed by atoms with van der Waals surface area (Å²) >= 11 is 0. The highest BCUT2D eigenvalue weighted by molar-refractivity contribution is 5.45. The van der Waals surface area contributed by atoms with Crippen LogP contribution in [0.2, 0.25) is 0 Å². The van der Waals surface area contributed by atoms with Gasteiger partial charge in [-0.25, -0.2) is 9.67 Å². The molecule has 1 saturated heterocycles. The first-order chi connectivity index (χ1) is 12.8. The lowest BCUT2D eigenvalue weighted by Crippen LogP contribution is -2.46. The van der Waals surface area contributed by atoms with Crippen LogP contribution >= 0.6 is 0 Å². The Bertz CT molecular complexity index is 829. The van der Waals surface area contributed by atoms with Gasteiger partial charge in [0.05, 0.1) is 19.0 Å². The molecule has 0 spiro atoms. The number of methoxy groups -OCH3 is 1. The Kier molecular flexibility index (Phi) is 4.79. The largest absolute Gasteiger partial charge is 0.497 e. The Morgan fingerprint density at radius 3 is 2.65 bits per heavy atom. The fourth-order valence-electron chi connectivity index (χ4n) is 3.28. The van der Waals surface area contributed by atoms with E-state index in [9.17, 15) is 0 Å². The number of hydrogen-bond acceptors (Lipinski definition) is 6. The van der Waals surface area contributed by atoms with Crippen LogP contribution in [-0.2, 0) is 6.54 Å². The van der Waals surface area contributed by atoms with Crippen LogP contribution < -0.4 is 9.64 Å². The van der Waals surface area contributed by atoms with E-state index < -0.39 is 0 Å². The van der Waals surface area contributed by atoms with E-state index in [4.69, 9.17) is 4.74 Å². The van der Waals surface area contributed by atoms with E-state index in [0.29, 0.717) is 0 Å². The Hall–Kier alpha value is -2.93. The topological polar surface area (TPSA) is 59.3 Å². The normalized spacial score (nSPS) is 15.2. The first-order valence-electron chi connectivity index (χ1n) is 8.74. The quantitative estimate of drug-likeness (QED) is 0.701. The smallest absolute Gasteiger partial charge is 0.147 e. The van der Waals surface area contributed by atoms with Crippen molar-refractivity contribution in [3.63, 3.8) is 0 Å². The van der Waals surface area contributed by atoms with Crippen molar-refractivity contribution in [1.29, 1.82) is 0 Å². The molecule has 0 N–H and O–H groups in total. The summed E-state index contributed by atoms with van der Waals surface area (Å²) in [7, 11) is 1.70. The second kappa shape index (κ2) is 7.53. The summed E-state index contributed by atoms with van der Waals surface area (Å²) < 4.78 is 7.33. The Morgan fingerprint density at radius 1 is 1.08 bits per heavy atom. The van der Waals surface area contributed by atoms with E-state index in [2.05, 4.69) is 37.0 Å². The molecule has 0 unspecified atom stereocenters. The van der Waals surface area contributed by atoms with Crippen LogP contribution in [-0.4, -0.2) is 57.9 Å². The summed E-state index contributed by atoms with van der Waals surface area (Å²) in [6.45, 7) is 4.71. The van der Waals surface area contributed by atoms with Crippen molar-refractivity contribution < 1.29 is 4.74 Å². The molecule has 0 radical (unpaired) electrons. The number of rotatable bonds is 5. The summed E-state index contributed by atoms with van der Waals surface area (Å²) in [6, 6.07) is 8.09. The zero-order chi connectivity index (χ0) is 17.8. The van der Waals surface area contributed by atoms with Crippen LogP contribution in [0.4, 0.5) is 5.82 Å². The number of piperazine rings is 1. The molecule has 7 nitrogen and oxygen atoms in total. The molecule has 4 rings (SSSR count). The number of anilines is 1. The number of aromatic nitrogens is 4. The second-order valence-electron chi connectivity index (χ2n) is 6.27. The zero-order valence-corrected chi connectivity index (χ0v) is 14.8. The van der Waals surface area contributed by atoms with E-state index >= 15 is 0 Å². The van der Waals surface area contributed by atoms with Gasteiger partial charge in [-0.15, -0.1) is 0 Å².